The summed E-state index contributed by atoms with van der Waals surface area (Å²) in [4.78, 5) is 0. The van der Waals surface area contributed by atoms with Gasteiger partial charge in [0.05, 0.1) is 12.2 Å². The van der Waals surface area contributed by atoms with Crippen LogP contribution in [-0.2, 0) is 4.74 Å². The van der Waals surface area contributed by atoms with Crippen LogP contribution in [0.1, 0.15) is 36.3 Å². The van der Waals surface area contributed by atoms with Crippen molar-refractivity contribution in [3.63, 3.8) is 0 Å². The Hall–Kier alpha value is -2.00. The summed E-state index contributed by atoms with van der Waals surface area (Å²) >= 11 is 0. The number of hydrogen-bond acceptors (Lipinski definition) is 3. The van der Waals surface area contributed by atoms with Gasteiger partial charge in [-0.25, -0.2) is 0 Å². The van der Waals surface area contributed by atoms with E-state index in [2.05, 4.69) is 0 Å². The number of phenolic OH excluding ortho intramolecular Hbond substituents is 2. The Morgan fingerprint density at radius 3 is 1.82 bits per heavy atom. The zero-order valence-electron chi connectivity index (χ0n) is 12.4. The van der Waals surface area contributed by atoms with Crippen LogP contribution in [0.15, 0.2) is 48.5 Å². The van der Waals surface area contributed by atoms with Crippen molar-refractivity contribution in [2.75, 3.05) is 0 Å². The van der Waals surface area contributed by atoms with Crippen LogP contribution in [0.25, 0.3) is 0 Å². The second kappa shape index (κ2) is 5.33. The third-order valence-electron chi connectivity index (χ3n) is 5.02. The van der Waals surface area contributed by atoms with Crippen molar-refractivity contribution in [2.45, 2.75) is 37.4 Å². The average Bonchev–Trinajstić information content (AvgIpc) is 3.30. The molecule has 0 radical (unpaired) electrons. The van der Waals surface area contributed by atoms with Gasteiger partial charge in [-0.05, 0) is 60.6 Å². The van der Waals surface area contributed by atoms with Crippen molar-refractivity contribution in [3.8, 4) is 11.5 Å². The number of ether oxygens (including phenoxy) is 1. The Balaban J connectivity index is 1.69. The molecule has 0 aromatic heterocycles. The van der Waals surface area contributed by atoms with E-state index < -0.39 is 0 Å². The average molecular weight is 296 g/mol. The first-order chi connectivity index (χ1) is 10.7. The Morgan fingerprint density at radius 1 is 0.773 bits per heavy atom. The maximum absolute atomic E-state index is 9.55. The van der Waals surface area contributed by atoms with Gasteiger partial charge in [0.2, 0.25) is 0 Å². The molecule has 1 aliphatic heterocycles. The minimum Gasteiger partial charge on any atom is -0.508 e. The molecule has 2 aliphatic rings. The van der Waals surface area contributed by atoms with Crippen LogP contribution in [0, 0.1) is 5.92 Å². The monoisotopic (exact) mass is 296 g/mol. The molecular weight excluding hydrogens is 276 g/mol. The summed E-state index contributed by atoms with van der Waals surface area (Å²) in [5.41, 5.74) is 2.43. The van der Waals surface area contributed by atoms with Gasteiger partial charge in [0.15, 0.2) is 0 Å². The minimum absolute atomic E-state index is 0.284. The van der Waals surface area contributed by atoms with E-state index in [1.807, 2.05) is 24.3 Å². The molecular formula is C19H20O3. The molecule has 1 heterocycles. The van der Waals surface area contributed by atoms with Crippen molar-refractivity contribution in [1.29, 1.82) is 0 Å². The predicted octanol–water partition coefficient (Wildman–Crippen LogP) is 3.80. The molecule has 0 bridgehead atoms. The number of phenols is 2. The van der Waals surface area contributed by atoms with Crippen LogP contribution in [0.2, 0.25) is 0 Å². The predicted molar refractivity (Wildman–Crippen MR) is 84.1 cm³/mol. The first-order valence-electron chi connectivity index (χ1n) is 7.94. The summed E-state index contributed by atoms with van der Waals surface area (Å²) in [6.45, 7) is 0. The molecule has 2 N–H and O–H groups in total. The molecule has 0 spiro atoms. The fourth-order valence-electron chi connectivity index (χ4n) is 3.84. The summed E-state index contributed by atoms with van der Waals surface area (Å²) in [6.07, 6.45) is 4.33. The Labute approximate surface area is 130 Å². The molecule has 114 valence electrons. The second-order valence-electron chi connectivity index (χ2n) is 6.45. The summed E-state index contributed by atoms with van der Waals surface area (Å²) in [6, 6.07) is 15.0. The van der Waals surface area contributed by atoms with Gasteiger partial charge in [-0.3, -0.25) is 0 Å². The van der Waals surface area contributed by atoms with Gasteiger partial charge in [-0.15, -0.1) is 0 Å². The summed E-state index contributed by atoms with van der Waals surface area (Å²) < 4.78 is 5.69. The molecule has 2 aromatic rings. The molecule has 2 fully saturated rings. The molecule has 3 atom stereocenters. The van der Waals surface area contributed by atoms with Crippen molar-refractivity contribution in [3.05, 3.63) is 59.7 Å². The molecule has 1 saturated carbocycles. The van der Waals surface area contributed by atoms with Gasteiger partial charge in [-0.2, -0.15) is 0 Å². The summed E-state index contributed by atoms with van der Waals surface area (Å²) in [5, 5.41) is 19.1. The van der Waals surface area contributed by atoms with Gasteiger partial charge in [0.1, 0.15) is 11.5 Å². The maximum atomic E-state index is 9.55. The van der Waals surface area contributed by atoms with Crippen molar-refractivity contribution < 1.29 is 14.9 Å². The van der Waals surface area contributed by atoms with Crippen LogP contribution >= 0.6 is 0 Å². The van der Waals surface area contributed by atoms with Crippen molar-refractivity contribution in [1.82, 2.24) is 0 Å². The third-order valence-corrected chi connectivity index (χ3v) is 5.02. The van der Waals surface area contributed by atoms with Crippen molar-refractivity contribution in [2.24, 2.45) is 5.92 Å². The smallest absolute Gasteiger partial charge is 0.115 e. The molecule has 3 heteroatoms. The molecule has 4 rings (SSSR count). The number of rotatable bonds is 3. The topological polar surface area (TPSA) is 53.0 Å². The van der Waals surface area contributed by atoms with E-state index in [-0.39, 0.29) is 5.92 Å². The van der Waals surface area contributed by atoms with Crippen LogP contribution in [0.4, 0.5) is 0 Å². The third kappa shape index (κ3) is 2.57. The molecule has 2 aromatic carbocycles. The zero-order chi connectivity index (χ0) is 15.1. The Bertz CT molecular complexity index is 602. The number of aromatic hydroxyl groups is 2. The summed E-state index contributed by atoms with van der Waals surface area (Å²) in [7, 11) is 0. The van der Waals surface area contributed by atoms with Gasteiger partial charge >= 0.3 is 0 Å². The van der Waals surface area contributed by atoms with E-state index in [9.17, 15) is 10.2 Å². The van der Waals surface area contributed by atoms with Crippen LogP contribution < -0.4 is 0 Å². The largest absolute Gasteiger partial charge is 0.508 e. The quantitative estimate of drug-likeness (QED) is 0.847. The lowest BCUT2D eigenvalue weighted by Crippen LogP contribution is -2.21. The Kier molecular flexibility index (Phi) is 3.30. The molecule has 1 aliphatic carbocycles. The first kappa shape index (κ1) is 13.6. The fourth-order valence-corrected chi connectivity index (χ4v) is 3.84. The molecule has 22 heavy (non-hydrogen) atoms. The highest BCUT2D eigenvalue weighted by Gasteiger charge is 2.46. The second-order valence-corrected chi connectivity index (χ2v) is 6.45. The van der Waals surface area contributed by atoms with Crippen LogP contribution in [-0.4, -0.2) is 22.4 Å². The number of hydrogen-bond donors (Lipinski definition) is 2. The highest BCUT2D eigenvalue weighted by Crippen LogP contribution is 2.47. The van der Waals surface area contributed by atoms with E-state index >= 15 is 0 Å². The number of fused-ring (bicyclic) bond motifs is 1. The highest BCUT2D eigenvalue weighted by molar-refractivity contribution is 5.38. The van der Waals surface area contributed by atoms with E-state index in [1.54, 1.807) is 24.3 Å². The van der Waals surface area contributed by atoms with Gasteiger partial charge < -0.3 is 14.9 Å². The van der Waals surface area contributed by atoms with Gasteiger partial charge in [0, 0.05) is 5.92 Å². The minimum atomic E-state index is 0.284. The van der Waals surface area contributed by atoms with E-state index in [0.29, 0.717) is 29.6 Å². The standard InChI is InChI=1S/C19H20O3/c20-15-6-1-12(2-7-15)19(13-3-8-16(21)9-4-13)14-5-10-17-18(11-14)22-17/h1-4,6-9,14,17-21H,5,10-11H2. The molecule has 0 amide bonds. The van der Waals surface area contributed by atoms with Crippen molar-refractivity contribution >= 4 is 0 Å². The molecule has 1 saturated heterocycles. The SMILES string of the molecule is Oc1ccc(C(c2ccc(O)cc2)C2CCC3OC3C2)cc1. The Morgan fingerprint density at radius 2 is 1.32 bits per heavy atom. The van der Waals surface area contributed by atoms with Crippen LogP contribution in [0.5, 0.6) is 11.5 Å². The van der Waals surface area contributed by atoms with Gasteiger partial charge in [-0.1, -0.05) is 24.3 Å². The molecule has 3 unspecified atom stereocenters. The number of benzene rings is 2. The lowest BCUT2D eigenvalue weighted by Gasteiger charge is -2.29. The van der Waals surface area contributed by atoms with Gasteiger partial charge in [0.25, 0.3) is 0 Å². The fraction of sp³-hybridized carbons (Fsp3) is 0.368. The zero-order valence-corrected chi connectivity index (χ0v) is 12.4. The summed E-state index contributed by atoms with van der Waals surface area (Å²) in [5.74, 6) is 1.41. The van der Waals surface area contributed by atoms with E-state index in [4.69, 9.17) is 4.74 Å². The first-order valence-corrected chi connectivity index (χ1v) is 7.94. The lowest BCUT2D eigenvalue weighted by atomic mass is 9.73. The normalized spacial score (nSPS) is 26.7. The lowest BCUT2D eigenvalue weighted by molar-refractivity contribution is 0.343. The number of epoxide rings is 1. The van der Waals surface area contributed by atoms with E-state index in [1.165, 1.54) is 11.1 Å². The van der Waals surface area contributed by atoms with E-state index in [0.717, 1.165) is 19.3 Å². The highest BCUT2D eigenvalue weighted by atomic mass is 16.6. The maximum Gasteiger partial charge on any atom is 0.115 e. The molecule has 3 nitrogen and oxygen atoms in total. The van der Waals surface area contributed by atoms with Crippen LogP contribution in [0.3, 0.4) is 0 Å².